The number of nitrogens with zero attached hydrogens (tertiary/aromatic N) is 2. The number of aryl methyl sites for hydroxylation is 1. The molecule has 1 aromatic rings. The number of rotatable bonds is 7. The van der Waals surface area contributed by atoms with Gasteiger partial charge in [0.2, 0.25) is 5.88 Å². The van der Waals surface area contributed by atoms with E-state index >= 15 is 0 Å². The second kappa shape index (κ2) is 7.57. The van der Waals surface area contributed by atoms with E-state index in [0.29, 0.717) is 19.1 Å². The van der Waals surface area contributed by atoms with Crippen LogP contribution in [0.2, 0.25) is 0 Å². The van der Waals surface area contributed by atoms with Gasteiger partial charge in [-0.3, -0.25) is 0 Å². The molecule has 0 aliphatic carbocycles. The van der Waals surface area contributed by atoms with Gasteiger partial charge < -0.3 is 9.47 Å². The highest BCUT2D eigenvalue weighted by atomic mass is 79.9. The van der Waals surface area contributed by atoms with Crippen molar-refractivity contribution in [2.24, 2.45) is 0 Å². The molecule has 5 heteroatoms. The summed E-state index contributed by atoms with van der Waals surface area (Å²) in [7, 11) is 1.68. The molecule has 0 saturated carbocycles. The smallest absolute Gasteiger partial charge is 0.217 e. The van der Waals surface area contributed by atoms with E-state index in [9.17, 15) is 0 Å². The van der Waals surface area contributed by atoms with Crippen LogP contribution in [0.15, 0.2) is 10.7 Å². The predicted molar refractivity (Wildman–Crippen MR) is 65.7 cm³/mol. The fourth-order valence-corrected chi connectivity index (χ4v) is 1.63. The molecular weight excluding hydrogens is 272 g/mol. The molecule has 0 bridgehead atoms. The Hall–Kier alpha value is -0.680. The van der Waals surface area contributed by atoms with Gasteiger partial charge >= 0.3 is 0 Å². The van der Waals surface area contributed by atoms with Crippen molar-refractivity contribution in [1.29, 1.82) is 0 Å². The van der Waals surface area contributed by atoms with E-state index in [1.807, 2.05) is 0 Å². The zero-order chi connectivity index (χ0) is 11.8. The van der Waals surface area contributed by atoms with Gasteiger partial charge in [0, 0.05) is 32.6 Å². The summed E-state index contributed by atoms with van der Waals surface area (Å²) in [5.41, 5.74) is 0. The Morgan fingerprint density at radius 3 is 2.81 bits per heavy atom. The van der Waals surface area contributed by atoms with Gasteiger partial charge in [-0.05, 0) is 22.4 Å². The number of ether oxygens (including phenoxy) is 2. The van der Waals surface area contributed by atoms with Crippen molar-refractivity contribution in [3.63, 3.8) is 0 Å². The summed E-state index contributed by atoms with van der Waals surface area (Å²) in [6.07, 6.45) is 2.76. The maximum absolute atomic E-state index is 5.51. The molecule has 0 aromatic carbocycles. The highest BCUT2D eigenvalue weighted by Gasteiger charge is 2.03. The van der Waals surface area contributed by atoms with Crippen LogP contribution in [0, 0.1) is 0 Å². The Kier molecular flexibility index (Phi) is 6.33. The van der Waals surface area contributed by atoms with Gasteiger partial charge in [-0.15, -0.1) is 0 Å². The molecule has 0 radical (unpaired) electrons. The summed E-state index contributed by atoms with van der Waals surface area (Å²) in [4.78, 5) is 8.59. The zero-order valence-electron chi connectivity index (χ0n) is 9.70. The van der Waals surface area contributed by atoms with Crippen LogP contribution >= 0.6 is 15.9 Å². The third-order valence-corrected chi connectivity index (χ3v) is 2.34. The van der Waals surface area contributed by atoms with Gasteiger partial charge in [0.15, 0.2) is 0 Å². The van der Waals surface area contributed by atoms with Crippen molar-refractivity contribution in [1.82, 2.24) is 9.97 Å². The van der Waals surface area contributed by atoms with Crippen molar-refractivity contribution < 1.29 is 9.47 Å². The third-order valence-electron chi connectivity index (χ3n) is 1.93. The van der Waals surface area contributed by atoms with Gasteiger partial charge in [-0.2, -0.15) is 4.98 Å². The van der Waals surface area contributed by atoms with Crippen LogP contribution in [0.4, 0.5) is 0 Å². The van der Waals surface area contributed by atoms with E-state index in [1.54, 1.807) is 13.2 Å². The van der Waals surface area contributed by atoms with Crippen molar-refractivity contribution >= 4 is 15.9 Å². The summed E-state index contributed by atoms with van der Waals surface area (Å²) < 4.78 is 11.2. The van der Waals surface area contributed by atoms with Crippen molar-refractivity contribution in [3.8, 4) is 5.88 Å². The Labute approximate surface area is 105 Å². The van der Waals surface area contributed by atoms with Gasteiger partial charge in [-0.25, -0.2) is 4.98 Å². The summed E-state index contributed by atoms with van der Waals surface area (Å²) in [6, 6.07) is 1.78. The normalized spacial score (nSPS) is 10.4. The highest BCUT2D eigenvalue weighted by Crippen LogP contribution is 2.15. The number of hydrogen-bond acceptors (Lipinski definition) is 4. The Morgan fingerprint density at radius 2 is 2.12 bits per heavy atom. The molecule has 0 amide bonds. The molecule has 0 fully saturated rings. The molecule has 16 heavy (non-hydrogen) atoms. The summed E-state index contributed by atoms with van der Waals surface area (Å²) in [5.74, 6) is 1.44. The molecule has 0 N–H and O–H groups in total. The van der Waals surface area contributed by atoms with Crippen LogP contribution in [0.25, 0.3) is 0 Å². The first kappa shape index (κ1) is 13.4. The molecule has 90 valence electrons. The molecule has 1 heterocycles. The maximum atomic E-state index is 5.51. The van der Waals surface area contributed by atoms with Crippen molar-refractivity contribution in [3.05, 3.63) is 16.5 Å². The fourth-order valence-electron chi connectivity index (χ4n) is 1.23. The first-order chi connectivity index (χ1) is 7.76. The molecule has 0 aliphatic rings. The molecule has 0 unspecified atom stereocenters. The van der Waals surface area contributed by atoms with Crippen molar-refractivity contribution in [2.45, 2.75) is 26.2 Å². The van der Waals surface area contributed by atoms with E-state index in [0.717, 1.165) is 29.7 Å². The molecule has 0 aliphatic heterocycles. The van der Waals surface area contributed by atoms with Crippen LogP contribution in [0.5, 0.6) is 5.88 Å². The standard InChI is InChI=1S/C11H17BrN2O2/c1-3-5-10-13-9(12)8-11(14-10)16-7-4-6-15-2/h8H,3-7H2,1-2H3. The number of methoxy groups -OCH3 is 1. The first-order valence-corrected chi connectivity index (χ1v) is 6.20. The van der Waals surface area contributed by atoms with Crippen LogP contribution < -0.4 is 4.74 Å². The van der Waals surface area contributed by atoms with E-state index in [4.69, 9.17) is 9.47 Å². The average Bonchev–Trinajstić information content (AvgIpc) is 2.24. The third kappa shape index (κ3) is 4.90. The lowest BCUT2D eigenvalue weighted by Crippen LogP contribution is -2.05. The quantitative estimate of drug-likeness (QED) is 0.571. The maximum Gasteiger partial charge on any atom is 0.217 e. The van der Waals surface area contributed by atoms with Gasteiger partial charge in [0.25, 0.3) is 0 Å². The van der Waals surface area contributed by atoms with Crippen molar-refractivity contribution in [2.75, 3.05) is 20.3 Å². The topological polar surface area (TPSA) is 44.2 Å². The summed E-state index contributed by atoms with van der Waals surface area (Å²) in [5, 5.41) is 0. The molecule has 0 saturated heterocycles. The minimum atomic E-state index is 0.614. The molecule has 1 rings (SSSR count). The average molecular weight is 289 g/mol. The van der Waals surface area contributed by atoms with E-state index in [2.05, 4.69) is 32.8 Å². The largest absolute Gasteiger partial charge is 0.477 e. The molecular formula is C11H17BrN2O2. The van der Waals surface area contributed by atoms with E-state index < -0.39 is 0 Å². The SMILES string of the molecule is CCCc1nc(Br)cc(OCCCOC)n1. The van der Waals surface area contributed by atoms with Crippen LogP contribution in [-0.4, -0.2) is 30.3 Å². The summed E-state index contributed by atoms with van der Waals surface area (Å²) >= 11 is 3.35. The summed E-state index contributed by atoms with van der Waals surface area (Å²) in [6.45, 7) is 3.42. The molecule has 0 spiro atoms. The molecule has 1 aromatic heterocycles. The Bertz CT molecular complexity index is 321. The van der Waals surface area contributed by atoms with Crippen LogP contribution in [0.3, 0.4) is 0 Å². The molecule has 4 nitrogen and oxygen atoms in total. The second-order valence-corrected chi connectivity index (χ2v) is 4.20. The lowest BCUT2D eigenvalue weighted by atomic mass is 10.3. The Morgan fingerprint density at radius 1 is 1.31 bits per heavy atom. The minimum absolute atomic E-state index is 0.614. The number of hydrogen-bond donors (Lipinski definition) is 0. The predicted octanol–water partition coefficient (Wildman–Crippen LogP) is 2.61. The minimum Gasteiger partial charge on any atom is -0.477 e. The van der Waals surface area contributed by atoms with Gasteiger partial charge in [0.05, 0.1) is 6.61 Å². The van der Waals surface area contributed by atoms with E-state index in [-0.39, 0.29) is 0 Å². The zero-order valence-corrected chi connectivity index (χ0v) is 11.3. The number of aromatic nitrogens is 2. The first-order valence-electron chi connectivity index (χ1n) is 5.41. The van der Waals surface area contributed by atoms with Crippen LogP contribution in [0.1, 0.15) is 25.6 Å². The second-order valence-electron chi connectivity index (χ2n) is 3.39. The lowest BCUT2D eigenvalue weighted by molar-refractivity contribution is 0.170. The number of halogens is 1. The Balaban J connectivity index is 2.51. The van der Waals surface area contributed by atoms with Gasteiger partial charge in [0.1, 0.15) is 10.4 Å². The van der Waals surface area contributed by atoms with Gasteiger partial charge in [-0.1, -0.05) is 6.92 Å². The van der Waals surface area contributed by atoms with Crippen LogP contribution in [-0.2, 0) is 11.2 Å². The lowest BCUT2D eigenvalue weighted by Gasteiger charge is -2.06. The fraction of sp³-hybridized carbons (Fsp3) is 0.636. The molecule has 0 atom stereocenters. The highest BCUT2D eigenvalue weighted by molar-refractivity contribution is 9.10. The van der Waals surface area contributed by atoms with E-state index in [1.165, 1.54) is 0 Å². The monoisotopic (exact) mass is 288 g/mol.